The molecule has 2 aromatic rings. The second kappa shape index (κ2) is 1.37. The van der Waals surface area contributed by atoms with Crippen LogP contribution in [0.1, 0.15) is 24.2 Å². The second-order valence-electron chi connectivity index (χ2n) is 5.23. The van der Waals surface area contributed by atoms with Gasteiger partial charge in [-0.05, 0) is 0 Å². The van der Waals surface area contributed by atoms with Crippen LogP contribution in [-0.4, -0.2) is 19.9 Å². The minimum atomic E-state index is -0.168. The number of fused-ring (bicyclic) bond motifs is 1. The predicted molar refractivity (Wildman–Crippen MR) is 53.0 cm³/mol. The first-order valence-electron chi connectivity index (χ1n) is 5.38. The molecule has 1 aliphatic carbocycles. The number of hydrogen-bond acceptors (Lipinski definition) is 5. The van der Waals surface area contributed by atoms with Crippen molar-refractivity contribution in [1.82, 2.24) is 19.9 Å². The Kier molecular flexibility index (Phi) is 0.564. The Morgan fingerprint density at radius 2 is 1.88 bits per heavy atom. The summed E-state index contributed by atoms with van der Waals surface area (Å²) in [5.74, 6) is 0.685. The van der Waals surface area contributed by atoms with Gasteiger partial charge in [-0.3, -0.25) is 9.78 Å². The minimum absolute atomic E-state index is 0.0303. The third-order valence-electron chi connectivity index (χ3n) is 4.65. The molecule has 6 nitrogen and oxygen atoms in total. The average Bonchev–Trinajstić information content (AvgIpc) is 2.65. The van der Waals surface area contributed by atoms with Crippen LogP contribution < -0.4 is 10.5 Å². The SMILES string of the molecule is O=c1[nH]c2nc3nc4c(nc13)C13CC4(C1)N23. The van der Waals surface area contributed by atoms with E-state index in [1.165, 1.54) is 0 Å². The maximum absolute atomic E-state index is 11.8. The van der Waals surface area contributed by atoms with E-state index in [0.717, 1.165) is 24.2 Å². The summed E-state index contributed by atoms with van der Waals surface area (Å²) in [6.07, 6.45) is 2.21. The maximum atomic E-state index is 11.8. The molecule has 6 heteroatoms. The van der Waals surface area contributed by atoms with Gasteiger partial charge in [-0.2, -0.15) is 4.98 Å². The van der Waals surface area contributed by atoms with E-state index in [4.69, 9.17) is 0 Å². The van der Waals surface area contributed by atoms with Crippen molar-refractivity contribution in [2.45, 2.75) is 23.9 Å². The van der Waals surface area contributed by atoms with Crippen LogP contribution in [0.5, 0.6) is 0 Å². The quantitative estimate of drug-likeness (QED) is 0.650. The van der Waals surface area contributed by atoms with Crippen LogP contribution in [0.25, 0.3) is 11.2 Å². The lowest BCUT2D eigenvalue weighted by molar-refractivity contribution is -0.0292. The molecule has 0 aromatic carbocycles. The van der Waals surface area contributed by atoms with Crippen LogP contribution in [0, 0.1) is 0 Å². The number of rotatable bonds is 0. The molecular formula is C10H5N5O. The van der Waals surface area contributed by atoms with Crippen LogP contribution in [0.3, 0.4) is 0 Å². The van der Waals surface area contributed by atoms with Crippen LogP contribution in [0.4, 0.5) is 5.95 Å². The van der Waals surface area contributed by atoms with Crippen molar-refractivity contribution >= 4 is 17.1 Å². The van der Waals surface area contributed by atoms with Crippen LogP contribution in [0.15, 0.2) is 4.79 Å². The molecule has 2 saturated heterocycles. The highest BCUT2D eigenvalue weighted by Gasteiger charge is 2.85. The summed E-state index contributed by atoms with van der Waals surface area (Å²) in [5.41, 5.74) is 2.90. The Hall–Kier alpha value is -1.98. The van der Waals surface area contributed by atoms with Gasteiger partial charge in [0.25, 0.3) is 5.56 Å². The van der Waals surface area contributed by atoms with Gasteiger partial charge >= 0.3 is 0 Å². The highest BCUT2D eigenvalue weighted by atomic mass is 16.1. The first-order chi connectivity index (χ1) is 7.75. The monoisotopic (exact) mass is 211 g/mol. The smallest absolute Gasteiger partial charge is 0.280 e. The highest BCUT2D eigenvalue weighted by Crippen LogP contribution is 2.80. The first-order valence-corrected chi connectivity index (χ1v) is 5.38. The van der Waals surface area contributed by atoms with Crippen molar-refractivity contribution in [3.8, 4) is 0 Å². The number of nitrogens with zero attached hydrogens (tertiary/aromatic N) is 4. The van der Waals surface area contributed by atoms with Gasteiger partial charge in [-0.1, -0.05) is 0 Å². The Balaban J connectivity index is 2.07. The number of H-pyrrole nitrogens is 1. The molecule has 1 saturated carbocycles. The van der Waals surface area contributed by atoms with Gasteiger partial charge in [0.1, 0.15) is 0 Å². The average molecular weight is 211 g/mol. The summed E-state index contributed by atoms with van der Waals surface area (Å²) in [7, 11) is 0. The Labute approximate surface area is 88.3 Å². The van der Waals surface area contributed by atoms with E-state index in [0.29, 0.717) is 17.1 Å². The number of aromatic amines is 1. The van der Waals surface area contributed by atoms with Crippen molar-refractivity contribution in [3.05, 3.63) is 21.7 Å². The minimum Gasteiger partial charge on any atom is -0.319 e. The van der Waals surface area contributed by atoms with Gasteiger partial charge in [0.15, 0.2) is 11.2 Å². The van der Waals surface area contributed by atoms with Gasteiger partial charge in [0.2, 0.25) is 5.95 Å². The molecule has 2 aromatic heterocycles. The fraction of sp³-hybridized carbons (Fsp3) is 0.400. The van der Waals surface area contributed by atoms with E-state index < -0.39 is 0 Å². The molecule has 0 unspecified atom stereocenters. The molecule has 1 N–H and O–H groups in total. The normalized spacial score (nSPS) is 38.1. The molecule has 4 aliphatic heterocycles. The Bertz CT molecular complexity index is 801. The molecule has 0 atom stereocenters. The molecule has 7 rings (SSSR count). The Morgan fingerprint density at radius 3 is 2.69 bits per heavy atom. The predicted octanol–water partition coefficient (Wildman–Crippen LogP) is -0.255. The molecule has 0 radical (unpaired) electrons. The molecule has 16 heavy (non-hydrogen) atoms. The lowest BCUT2D eigenvalue weighted by atomic mass is 9.56. The van der Waals surface area contributed by atoms with Crippen molar-refractivity contribution in [3.63, 3.8) is 0 Å². The lowest BCUT2D eigenvalue weighted by Crippen LogP contribution is -2.78. The van der Waals surface area contributed by atoms with Gasteiger partial charge in [0, 0.05) is 12.8 Å². The van der Waals surface area contributed by atoms with Crippen molar-refractivity contribution in [1.29, 1.82) is 0 Å². The van der Waals surface area contributed by atoms with Gasteiger partial charge in [-0.15, -0.1) is 0 Å². The molecule has 6 bridgehead atoms. The molecule has 1 spiro atoms. The van der Waals surface area contributed by atoms with Crippen molar-refractivity contribution in [2.24, 2.45) is 0 Å². The highest BCUT2D eigenvalue weighted by molar-refractivity contribution is 5.81. The fourth-order valence-corrected chi connectivity index (χ4v) is 4.11. The maximum Gasteiger partial charge on any atom is 0.280 e. The number of hydrogen-bond donors (Lipinski definition) is 1. The van der Waals surface area contributed by atoms with E-state index in [2.05, 4.69) is 24.8 Å². The summed E-state index contributed by atoms with van der Waals surface area (Å²) in [4.78, 5) is 30.2. The largest absolute Gasteiger partial charge is 0.319 e. The van der Waals surface area contributed by atoms with E-state index >= 15 is 0 Å². The molecular weight excluding hydrogens is 206 g/mol. The third-order valence-corrected chi connectivity index (χ3v) is 4.65. The molecule has 6 heterocycles. The zero-order valence-electron chi connectivity index (χ0n) is 8.11. The summed E-state index contributed by atoms with van der Waals surface area (Å²) >= 11 is 0. The van der Waals surface area contributed by atoms with E-state index in [1.54, 1.807) is 0 Å². The number of anilines is 1. The third kappa shape index (κ3) is 0.335. The van der Waals surface area contributed by atoms with E-state index in [-0.39, 0.29) is 16.6 Å². The van der Waals surface area contributed by atoms with Crippen LogP contribution in [0.2, 0.25) is 0 Å². The summed E-state index contributed by atoms with van der Waals surface area (Å²) < 4.78 is 0. The Morgan fingerprint density at radius 1 is 1.12 bits per heavy atom. The molecule has 76 valence electrons. The summed E-state index contributed by atoms with van der Waals surface area (Å²) in [6.45, 7) is 0. The standard InChI is InChI=1S/C10H5N5O/c16-7-3-6-12-5-4(11-3)9-1-10(5,2-9)15(9)8(13-6)14-7/h1-2H2,(H,12,13,14,16). The molecule has 5 aliphatic rings. The first kappa shape index (κ1) is 6.57. The van der Waals surface area contributed by atoms with Gasteiger partial charge < -0.3 is 4.90 Å². The van der Waals surface area contributed by atoms with Crippen molar-refractivity contribution < 1.29 is 0 Å². The van der Waals surface area contributed by atoms with Gasteiger partial charge in [-0.25, -0.2) is 9.97 Å². The zero-order valence-corrected chi connectivity index (χ0v) is 8.11. The van der Waals surface area contributed by atoms with E-state index in [1.807, 2.05) is 0 Å². The molecule has 3 fully saturated rings. The topological polar surface area (TPSA) is 74.8 Å². The summed E-state index contributed by atoms with van der Waals surface area (Å²) in [6, 6.07) is 0. The lowest BCUT2D eigenvalue weighted by Gasteiger charge is -2.70. The van der Waals surface area contributed by atoms with E-state index in [9.17, 15) is 4.79 Å². The van der Waals surface area contributed by atoms with Crippen LogP contribution >= 0.6 is 0 Å². The van der Waals surface area contributed by atoms with Crippen molar-refractivity contribution in [2.75, 3.05) is 4.90 Å². The fourth-order valence-electron chi connectivity index (χ4n) is 4.11. The number of aromatic nitrogens is 4. The zero-order chi connectivity index (χ0) is 10.3. The van der Waals surface area contributed by atoms with Gasteiger partial charge in [0.05, 0.1) is 22.5 Å². The second-order valence-corrected chi connectivity index (χ2v) is 5.23. The summed E-state index contributed by atoms with van der Waals surface area (Å²) in [5, 5.41) is 0. The molecule has 0 amide bonds. The number of nitrogens with one attached hydrogen (secondary N) is 1. The van der Waals surface area contributed by atoms with Crippen LogP contribution in [-0.2, 0) is 11.1 Å².